The zero-order valence-corrected chi connectivity index (χ0v) is 7.07. The van der Waals surface area contributed by atoms with Crippen LogP contribution in [0.15, 0.2) is 10.7 Å². The molecular weight excluding hydrogens is 180 g/mol. The summed E-state index contributed by atoms with van der Waals surface area (Å²) in [6, 6.07) is 1.99. The van der Waals surface area contributed by atoms with E-state index in [4.69, 9.17) is 0 Å². The van der Waals surface area contributed by atoms with Gasteiger partial charge in [0, 0.05) is 0 Å². The summed E-state index contributed by atoms with van der Waals surface area (Å²) in [5.74, 6) is 0.507. The van der Waals surface area contributed by atoms with Crippen molar-refractivity contribution in [1.82, 2.24) is 10.2 Å². The van der Waals surface area contributed by atoms with E-state index in [1.54, 1.807) is 0 Å². The average Bonchev–Trinajstić information content (AvgIpc) is 2.14. The predicted molar refractivity (Wildman–Crippen MR) is 40.4 cm³/mol. The number of aromatic amines is 1. The van der Waals surface area contributed by atoms with Gasteiger partial charge in [-0.1, -0.05) is 13.8 Å². The molecular formula is C6H9BrN2. The molecule has 0 aliphatic rings. The first-order chi connectivity index (χ1) is 4.20. The Morgan fingerprint density at radius 1 is 1.67 bits per heavy atom. The Hall–Kier alpha value is -0.310. The van der Waals surface area contributed by atoms with Gasteiger partial charge in [0.05, 0.1) is 5.69 Å². The predicted octanol–water partition coefficient (Wildman–Crippen LogP) is 2.30. The third kappa shape index (κ3) is 1.55. The van der Waals surface area contributed by atoms with Gasteiger partial charge in [0.2, 0.25) is 0 Å². The number of H-pyrrole nitrogens is 1. The van der Waals surface area contributed by atoms with Crippen molar-refractivity contribution < 1.29 is 0 Å². The maximum absolute atomic E-state index is 4.04. The van der Waals surface area contributed by atoms with Crippen LogP contribution in [0.4, 0.5) is 0 Å². The number of nitrogens with zero attached hydrogens (tertiary/aromatic N) is 1. The van der Waals surface area contributed by atoms with Gasteiger partial charge in [0.25, 0.3) is 0 Å². The summed E-state index contributed by atoms with van der Waals surface area (Å²) < 4.78 is 0.950. The van der Waals surface area contributed by atoms with Gasteiger partial charge in [-0.2, -0.15) is 5.10 Å². The highest BCUT2D eigenvalue weighted by Gasteiger charge is 2.01. The van der Waals surface area contributed by atoms with Crippen LogP contribution >= 0.6 is 15.9 Å². The second kappa shape index (κ2) is 2.52. The maximum Gasteiger partial charge on any atom is 0.101 e. The second-order valence-corrected chi connectivity index (χ2v) is 3.15. The fourth-order valence-electron chi connectivity index (χ4n) is 0.608. The van der Waals surface area contributed by atoms with Crippen molar-refractivity contribution in [3.05, 3.63) is 16.4 Å². The molecule has 1 rings (SSSR count). The molecule has 0 aliphatic carbocycles. The molecule has 2 nitrogen and oxygen atoms in total. The molecule has 0 unspecified atom stereocenters. The Morgan fingerprint density at radius 2 is 2.33 bits per heavy atom. The lowest BCUT2D eigenvalue weighted by Gasteiger charge is -1.94. The second-order valence-electron chi connectivity index (χ2n) is 2.30. The minimum absolute atomic E-state index is 0.507. The fourth-order valence-corrected chi connectivity index (χ4v) is 0.931. The smallest absolute Gasteiger partial charge is 0.101 e. The van der Waals surface area contributed by atoms with Gasteiger partial charge in [-0.05, 0) is 27.9 Å². The fraction of sp³-hybridized carbons (Fsp3) is 0.500. The van der Waals surface area contributed by atoms with Crippen LogP contribution in [0.3, 0.4) is 0 Å². The summed E-state index contributed by atoms with van der Waals surface area (Å²) in [5, 5.41) is 6.86. The molecule has 1 heterocycles. The molecule has 1 N–H and O–H groups in total. The van der Waals surface area contributed by atoms with E-state index in [0.29, 0.717) is 5.92 Å². The highest BCUT2D eigenvalue weighted by Crippen LogP contribution is 2.14. The van der Waals surface area contributed by atoms with Crippen molar-refractivity contribution >= 4 is 15.9 Å². The number of aromatic nitrogens is 2. The summed E-state index contributed by atoms with van der Waals surface area (Å²) in [6.45, 7) is 4.23. The first kappa shape index (κ1) is 6.81. The molecule has 0 aliphatic heterocycles. The molecule has 1 aromatic rings. The number of hydrogen-bond donors (Lipinski definition) is 1. The molecule has 0 bridgehead atoms. The first-order valence-electron chi connectivity index (χ1n) is 2.91. The van der Waals surface area contributed by atoms with Crippen LogP contribution < -0.4 is 0 Å². The SMILES string of the molecule is CC(C)c1cc(Br)[nH]n1. The summed E-state index contributed by atoms with van der Waals surface area (Å²) >= 11 is 3.28. The summed E-state index contributed by atoms with van der Waals surface area (Å²) in [6.07, 6.45) is 0. The molecule has 9 heavy (non-hydrogen) atoms. The van der Waals surface area contributed by atoms with Crippen LogP contribution in [0.25, 0.3) is 0 Å². The molecule has 0 spiro atoms. The van der Waals surface area contributed by atoms with Crippen LogP contribution in [0.5, 0.6) is 0 Å². The van der Waals surface area contributed by atoms with E-state index in [1.807, 2.05) is 6.07 Å². The Balaban J connectivity index is 2.85. The van der Waals surface area contributed by atoms with E-state index in [1.165, 1.54) is 0 Å². The standard InChI is InChI=1S/C6H9BrN2/c1-4(2)5-3-6(7)9-8-5/h3-4H,1-2H3,(H,8,9). The van der Waals surface area contributed by atoms with Crippen LogP contribution in [0.1, 0.15) is 25.5 Å². The third-order valence-corrected chi connectivity index (χ3v) is 1.56. The zero-order valence-electron chi connectivity index (χ0n) is 5.48. The number of rotatable bonds is 1. The van der Waals surface area contributed by atoms with Crippen LogP contribution in [-0.4, -0.2) is 10.2 Å². The Kier molecular flexibility index (Phi) is 1.90. The van der Waals surface area contributed by atoms with E-state index in [-0.39, 0.29) is 0 Å². The monoisotopic (exact) mass is 188 g/mol. The molecule has 0 saturated heterocycles. The zero-order chi connectivity index (χ0) is 6.85. The van der Waals surface area contributed by atoms with Crippen molar-refractivity contribution in [2.45, 2.75) is 19.8 Å². The topological polar surface area (TPSA) is 28.7 Å². The molecule has 50 valence electrons. The summed E-state index contributed by atoms with van der Waals surface area (Å²) in [5.41, 5.74) is 1.10. The summed E-state index contributed by atoms with van der Waals surface area (Å²) in [4.78, 5) is 0. The Labute approximate surface area is 62.8 Å². The van der Waals surface area contributed by atoms with Crippen molar-refractivity contribution in [2.75, 3.05) is 0 Å². The van der Waals surface area contributed by atoms with Gasteiger partial charge in [-0.25, -0.2) is 0 Å². The molecule has 0 amide bonds. The third-order valence-electron chi connectivity index (χ3n) is 1.16. The van der Waals surface area contributed by atoms with Gasteiger partial charge >= 0.3 is 0 Å². The number of halogens is 1. The van der Waals surface area contributed by atoms with Crippen molar-refractivity contribution in [1.29, 1.82) is 0 Å². The van der Waals surface area contributed by atoms with Crippen molar-refractivity contribution in [3.8, 4) is 0 Å². The van der Waals surface area contributed by atoms with E-state index in [2.05, 4.69) is 40.0 Å². The van der Waals surface area contributed by atoms with Gasteiger partial charge in [0.15, 0.2) is 0 Å². The molecule has 0 atom stereocenters. The van der Waals surface area contributed by atoms with Crippen molar-refractivity contribution in [2.24, 2.45) is 0 Å². The van der Waals surface area contributed by atoms with Gasteiger partial charge in [-0.15, -0.1) is 0 Å². The minimum atomic E-state index is 0.507. The lowest BCUT2D eigenvalue weighted by molar-refractivity contribution is 0.810. The van der Waals surface area contributed by atoms with Crippen LogP contribution in [-0.2, 0) is 0 Å². The molecule has 0 saturated carbocycles. The quantitative estimate of drug-likeness (QED) is 0.721. The molecule has 0 aromatic carbocycles. The minimum Gasteiger partial charge on any atom is -0.271 e. The maximum atomic E-state index is 4.04. The molecule has 3 heteroatoms. The first-order valence-corrected chi connectivity index (χ1v) is 3.70. The Morgan fingerprint density at radius 3 is 2.56 bits per heavy atom. The van der Waals surface area contributed by atoms with E-state index in [9.17, 15) is 0 Å². The molecule has 1 aromatic heterocycles. The lowest BCUT2D eigenvalue weighted by atomic mass is 10.1. The average molecular weight is 189 g/mol. The normalized spacial score (nSPS) is 10.7. The van der Waals surface area contributed by atoms with Crippen LogP contribution in [0.2, 0.25) is 0 Å². The Bertz CT molecular complexity index is 193. The van der Waals surface area contributed by atoms with E-state index >= 15 is 0 Å². The highest BCUT2D eigenvalue weighted by molar-refractivity contribution is 9.10. The highest BCUT2D eigenvalue weighted by atomic mass is 79.9. The van der Waals surface area contributed by atoms with E-state index < -0.39 is 0 Å². The van der Waals surface area contributed by atoms with Gasteiger partial charge in [0.1, 0.15) is 4.60 Å². The lowest BCUT2D eigenvalue weighted by Crippen LogP contribution is -1.85. The van der Waals surface area contributed by atoms with Crippen LogP contribution in [0, 0.1) is 0 Å². The van der Waals surface area contributed by atoms with E-state index in [0.717, 1.165) is 10.3 Å². The molecule has 0 fully saturated rings. The van der Waals surface area contributed by atoms with Gasteiger partial charge in [-0.3, -0.25) is 5.10 Å². The largest absolute Gasteiger partial charge is 0.271 e. The number of hydrogen-bond acceptors (Lipinski definition) is 1. The number of nitrogens with one attached hydrogen (secondary N) is 1. The van der Waals surface area contributed by atoms with Gasteiger partial charge < -0.3 is 0 Å². The van der Waals surface area contributed by atoms with Crippen molar-refractivity contribution in [3.63, 3.8) is 0 Å². The molecule has 0 radical (unpaired) electrons. The summed E-state index contributed by atoms with van der Waals surface area (Å²) in [7, 11) is 0.